The van der Waals surface area contributed by atoms with Crippen LogP contribution in [-0.4, -0.2) is 64.0 Å². The first-order valence-corrected chi connectivity index (χ1v) is 11.5. The first-order valence-electron chi connectivity index (χ1n) is 11.5. The largest absolute Gasteiger partial charge is 0.383 e. The number of para-hydroxylation sites is 1. The van der Waals surface area contributed by atoms with Crippen molar-refractivity contribution in [1.82, 2.24) is 19.4 Å². The SMILES string of the molecule is Cn1cc(CCC(=O)N2CCc3nc(N)c(C(=O)N4CCOCC4)cc3C2)c2ccccc21. The second-order valence-corrected chi connectivity index (χ2v) is 8.78. The first-order chi connectivity index (χ1) is 16.0. The molecule has 0 bridgehead atoms. The van der Waals surface area contributed by atoms with Gasteiger partial charge in [0.25, 0.3) is 5.91 Å². The van der Waals surface area contributed by atoms with Gasteiger partial charge in [-0.05, 0) is 29.7 Å². The Morgan fingerprint density at radius 2 is 1.91 bits per heavy atom. The molecule has 8 nitrogen and oxygen atoms in total. The molecular formula is C25H29N5O3. The third-order valence-electron chi connectivity index (χ3n) is 6.67. The molecule has 2 amide bonds. The van der Waals surface area contributed by atoms with Crippen LogP contribution in [0.3, 0.4) is 0 Å². The molecule has 1 fully saturated rings. The Hall–Kier alpha value is -3.39. The van der Waals surface area contributed by atoms with Crippen molar-refractivity contribution in [1.29, 1.82) is 0 Å². The number of pyridine rings is 1. The molecule has 2 aliphatic heterocycles. The van der Waals surface area contributed by atoms with Crippen molar-refractivity contribution in [3.8, 4) is 0 Å². The number of rotatable bonds is 4. The van der Waals surface area contributed by atoms with Crippen molar-refractivity contribution < 1.29 is 14.3 Å². The monoisotopic (exact) mass is 447 g/mol. The Morgan fingerprint density at radius 3 is 2.73 bits per heavy atom. The number of anilines is 1. The number of hydrogen-bond acceptors (Lipinski definition) is 5. The molecule has 2 aromatic heterocycles. The minimum absolute atomic E-state index is 0.117. The van der Waals surface area contributed by atoms with E-state index >= 15 is 0 Å². The zero-order valence-corrected chi connectivity index (χ0v) is 18.9. The molecule has 0 atom stereocenters. The van der Waals surface area contributed by atoms with Crippen molar-refractivity contribution in [2.75, 3.05) is 38.6 Å². The molecule has 0 spiro atoms. The van der Waals surface area contributed by atoms with Crippen LogP contribution in [-0.2, 0) is 36.0 Å². The number of aromatic nitrogens is 2. The predicted octanol–water partition coefficient (Wildman–Crippen LogP) is 2.15. The lowest BCUT2D eigenvalue weighted by Crippen LogP contribution is -2.41. The third-order valence-corrected chi connectivity index (χ3v) is 6.67. The van der Waals surface area contributed by atoms with Gasteiger partial charge in [-0.25, -0.2) is 4.98 Å². The summed E-state index contributed by atoms with van der Waals surface area (Å²) in [6, 6.07) is 10.1. The van der Waals surface area contributed by atoms with Crippen molar-refractivity contribution in [3.05, 3.63) is 58.9 Å². The van der Waals surface area contributed by atoms with E-state index in [1.54, 1.807) is 4.90 Å². The highest BCUT2D eigenvalue weighted by Crippen LogP contribution is 2.25. The average Bonchev–Trinajstić information content (AvgIpc) is 3.17. The summed E-state index contributed by atoms with van der Waals surface area (Å²) in [5, 5.41) is 1.20. The Bertz CT molecular complexity index is 1210. The minimum atomic E-state index is -0.120. The number of carbonyl (C=O) groups is 2. The summed E-state index contributed by atoms with van der Waals surface area (Å²) < 4.78 is 7.45. The number of nitrogen functional groups attached to an aromatic ring is 1. The van der Waals surface area contributed by atoms with Crippen LogP contribution in [0.4, 0.5) is 5.82 Å². The molecule has 1 saturated heterocycles. The van der Waals surface area contributed by atoms with E-state index in [2.05, 4.69) is 27.9 Å². The Kier molecular flexibility index (Phi) is 5.76. The Morgan fingerprint density at radius 1 is 1.12 bits per heavy atom. The number of nitrogens with two attached hydrogens (primary N) is 1. The molecule has 0 aliphatic carbocycles. The van der Waals surface area contributed by atoms with Gasteiger partial charge in [-0.15, -0.1) is 0 Å². The van der Waals surface area contributed by atoms with Crippen LogP contribution < -0.4 is 5.73 Å². The van der Waals surface area contributed by atoms with Crippen molar-refractivity contribution in [3.63, 3.8) is 0 Å². The van der Waals surface area contributed by atoms with Gasteiger partial charge in [-0.2, -0.15) is 0 Å². The first kappa shape index (κ1) is 21.5. The van der Waals surface area contributed by atoms with Crippen LogP contribution in [0.5, 0.6) is 0 Å². The number of ether oxygens (including phenoxy) is 1. The van der Waals surface area contributed by atoms with Crippen LogP contribution in [0, 0.1) is 0 Å². The number of nitrogens with zero attached hydrogens (tertiary/aromatic N) is 4. The maximum Gasteiger partial charge on any atom is 0.257 e. The van der Waals surface area contributed by atoms with Gasteiger partial charge < -0.3 is 24.8 Å². The number of fused-ring (bicyclic) bond motifs is 2. The molecule has 2 aliphatic rings. The Balaban J connectivity index is 1.28. The summed E-state index contributed by atoms with van der Waals surface area (Å²) in [5.74, 6) is 0.262. The fourth-order valence-electron chi connectivity index (χ4n) is 4.83. The van der Waals surface area contributed by atoms with Gasteiger partial charge in [0.2, 0.25) is 5.91 Å². The number of aryl methyl sites for hydroxylation is 2. The molecule has 172 valence electrons. The zero-order valence-electron chi connectivity index (χ0n) is 18.9. The average molecular weight is 448 g/mol. The highest BCUT2D eigenvalue weighted by molar-refractivity contribution is 5.98. The van der Waals surface area contributed by atoms with Crippen molar-refractivity contribution >= 4 is 28.5 Å². The topological polar surface area (TPSA) is 93.7 Å². The molecular weight excluding hydrogens is 418 g/mol. The maximum absolute atomic E-state index is 13.0. The quantitative estimate of drug-likeness (QED) is 0.661. The highest BCUT2D eigenvalue weighted by atomic mass is 16.5. The second kappa shape index (κ2) is 8.86. The minimum Gasteiger partial charge on any atom is -0.383 e. The predicted molar refractivity (Wildman–Crippen MR) is 126 cm³/mol. The number of amides is 2. The van der Waals surface area contributed by atoms with E-state index in [0.717, 1.165) is 11.3 Å². The van der Waals surface area contributed by atoms with Gasteiger partial charge in [-0.1, -0.05) is 18.2 Å². The lowest BCUT2D eigenvalue weighted by atomic mass is 10.0. The van der Waals surface area contributed by atoms with Crippen LogP contribution in [0.2, 0.25) is 0 Å². The standard InChI is InChI=1S/C25H29N5O3/c1-28-15-17(19-4-2-3-5-22(19)28)6-7-23(31)30-9-8-21-18(16-30)14-20(24(26)27-21)25(32)29-10-12-33-13-11-29/h2-5,14-15H,6-13,16H2,1H3,(H2,26,27). The molecule has 1 aromatic carbocycles. The normalized spacial score (nSPS) is 16.2. The van der Waals surface area contributed by atoms with E-state index in [1.807, 2.05) is 30.1 Å². The van der Waals surface area contributed by atoms with Crippen LogP contribution in [0.1, 0.15) is 33.6 Å². The zero-order chi connectivity index (χ0) is 22.9. The van der Waals surface area contributed by atoms with E-state index in [1.165, 1.54) is 16.5 Å². The lowest BCUT2D eigenvalue weighted by Gasteiger charge is -2.30. The summed E-state index contributed by atoms with van der Waals surface area (Å²) in [4.78, 5) is 34.1. The molecule has 3 aromatic rings. The molecule has 2 N–H and O–H groups in total. The van der Waals surface area contributed by atoms with Gasteiger partial charge in [0, 0.05) is 68.9 Å². The number of carbonyl (C=O) groups excluding carboxylic acids is 2. The summed E-state index contributed by atoms with van der Waals surface area (Å²) in [6.45, 7) is 3.24. The molecule has 33 heavy (non-hydrogen) atoms. The summed E-state index contributed by atoms with van der Waals surface area (Å²) in [6.07, 6.45) is 3.90. The molecule has 0 unspecified atom stereocenters. The van der Waals surface area contributed by atoms with E-state index in [9.17, 15) is 9.59 Å². The number of hydrogen-bond donors (Lipinski definition) is 1. The van der Waals surface area contributed by atoms with E-state index in [-0.39, 0.29) is 17.6 Å². The molecule has 4 heterocycles. The smallest absolute Gasteiger partial charge is 0.257 e. The molecule has 0 saturated carbocycles. The molecule has 0 radical (unpaired) electrons. The van der Waals surface area contributed by atoms with Gasteiger partial charge >= 0.3 is 0 Å². The highest BCUT2D eigenvalue weighted by Gasteiger charge is 2.27. The molecule has 5 rings (SSSR count). The second-order valence-electron chi connectivity index (χ2n) is 8.78. The fourth-order valence-corrected chi connectivity index (χ4v) is 4.83. The van der Waals surface area contributed by atoms with Gasteiger partial charge in [-0.3, -0.25) is 9.59 Å². The van der Waals surface area contributed by atoms with Crippen molar-refractivity contribution in [2.24, 2.45) is 7.05 Å². The van der Waals surface area contributed by atoms with Crippen molar-refractivity contribution in [2.45, 2.75) is 25.8 Å². The van der Waals surface area contributed by atoms with Crippen LogP contribution >= 0.6 is 0 Å². The summed E-state index contributed by atoms with van der Waals surface area (Å²) in [5.41, 5.74) is 10.7. The van der Waals surface area contributed by atoms with Gasteiger partial charge in [0.05, 0.1) is 18.8 Å². The lowest BCUT2D eigenvalue weighted by molar-refractivity contribution is -0.132. The fraction of sp³-hybridized carbons (Fsp3) is 0.400. The van der Waals surface area contributed by atoms with E-state index in [0.29, 0.717) is 64.2 Å². The van der Waals surface area contributed by atoms with E-state index < -0.39 is 0 Å². The maximum atomic E-state index is 13.0. The summed E-state index contributed by atoms with van der Waals surface area (Å²) in [7, 11) is 2.03. The van der Waals surface area contributed by atoms with E-state index in [4.69, 9.17) is 10.5 Å². The number of morpholine rings is 1. The summed E-state index contributed by atoms with van der Waals surface area (Å²) >= 11 is 0. The Labute approximate surface area is 192 Å². The molecule has 8 heteroatoms. The number of benzene rings is 1. The van der Waals surface area contributed by atoms with Gasteiger partial charge in [0.1, 0.15) is 5.82 Å². The van der Waals surface area contributed by atoms with Gasteiger partial charge in [0.15, 0.2) is 0 Å². The van der Waals surface area contributed by atoms with Crippen LogP contribution in [0.15, 0.2) is 36.5 Å². The van der Waals surface area contributed by atoms with Crippen LogP contribution in [0.25, 0.3) is 10.9 Å². The third kappa shape index (κ3) is 4.18.